The van der Waals surface area contributed by atoms with Crippen molar-refractivity contribution in [2.24, 2.45) is 0 Å². The number of methoxy groups -OCH3 is 2. The lowest BCUT2D eigenvalue weighted by molar-refractivity contribution is 0.0955. The molecule has 1 aromatic rings. The summed E-state index contributed by atoms with van der Waals surface area (Å²) in [7, 11) is -0.418. The second-order valence-electron chi connectivity index (χ2n) is 5.07. The van der Waals surface area contributed by atoms with Gasteiger partial charge in [-0.05, 0) is 31.5 Å². The van der Waals surface area contributed by atoms with Crippen molar-refractivity contribution < 1.29 is 22.7 Å². The van der Waals surface area contributed by atoms with Crippen molar-refractivity contribution in [3.63, 3.8) is 0 Å². The van der Waals surface area contributed by atoms with Gasteiger partial charge in [0, 0.05) is 18.2 Å². The summed E-state index contributed by atoms with van der Waals surface area (Å²) < 4.78 is 36.4. The Kier molecular flexibility index (Phi) is 7.31. The average molecular weight is 344 g/mol. The van der Waals surface area contributed by atoms with Crippen LogP contribution >= 0.6 is 0 Å². The number of ether oxygens (including phenoxy) is 2. The van der Waals surface area contributed by atoms with Crippen molar-refractivity contribution >= 4 is 15.9 Å². The third-order valence-electron chi connectivity index (χ3n) is 3.30. The number of benzene rings is 1. The Balaban J connectivity index is 2.61. The van der Waals surface area contributed by atoms with E-state index < -0.39 is 10.0 Å². The SMILES string of the molecule is CC[C@H](C)NS(=O)(=O)CCNC(=O)c1ccc(OC)c(OC)c1. The molecule has 23 heavy (non-hydrogen) atoms. The first-order valence-electron chi connectivity index (χ1n) is 7.33. The van der Waals surface area contributed by atoms with Gasteiger partial charge in [0.05, 0.1) is 20.0 Å². The van der Waals surface area contributed by atoms with Crippen LogP contribution in [0, 0.1) is 0 Å². The molecule has 2 N–H and O–H groups in total. The van der Waals surface area contributed by atoms with E-state index >= 15 is 0 Å². The second-order valence-corrected chi connectivity index (χ2v) is 6.95. The van der Waals surface area contributed by atoms with Crippen LogP contribution in [0.4, 0.5) is 0 Å². The van der Waals surface area contributed by atoms with Gasteiger partial charge in [-0.2, -0.15) is 0 Å². The van der Waals surface area contributed by atoms with Crippen molar-refractivity contribution in [1.82, 2.24) is 10.0 Å². The zero-order valence-electron chi connectivity index (χ0n) is 13.9. The summed E-state index contributed by atoms with van der Waals surface area (Å²) >= 11 is 0. The van der Waals surface area contributed by atoms with E-state index in [4.69, 9.17) is 9.47 Å². The topological polar surface area (TPSA) is 93.7 Å². The summed E-state index contributed by atoms with van der Waals surface area (Å²) in [4.78, 5) is 12.1. The quantitative estimate of drug-likeness (QED) is 0.701. The molecule has 0 spiro atoms. The fraction of sp³-hybridized carbons (Fsp3) is 0.533. The monoisotopic (exact) mass is 344 g/mol. The highest BCUT2D eigenvalue weighted by atomic mass is 32.2. The molecule has 1 rings (SSSR count). The van der Waals surface area contributed by atoms with E-state index in [0.29, 0.717) is 23.5 Å². The van der Waals surface area contributed by atoms with Crippen LogP contribution in [0.15, 0.2) is 18.2 Å². The minimum atomic E-state index is -3.40. The number of rotatable bonds is 9. The maximum atomic E-state index is 12.1. The molecule has 0 radical (unpaired) electrons. The molecule has 0 aliphatic carbocycles. The number of nitrogens with one attached hydrogen (secondary N) is 2. The molecule has 1 aromatic carbocycles. The number of sulfonamides is 1. The minimum Gasteiger partial charge on any atom is -0.493 e. The molecule has 0 aliphatic rings. The highest BCUT2D eigenvalue weighted by molar-refractivity contribution is 7.89. The predicted molar refractivity (Wildman–Crippen MR) is 88.6 cm³/mol. The van der Waals surface area contributed by atoms with Gasteiger partial charge < -0.3 is 14.8 Å². The molecule has 0 fully saturated rings. The third-order valence-corrected chi connectivity index (χ3v) is 4.80. The van der Waals surface area contributed by atoms with Crippen LogP contribution in [0.5, 0.6) is 11.5 Å². The van der Waals surface area contributed by atoms with Gasteiger partial charge in [0.2, 0.25) is 10.0 Å². The molecule has 0 aliphatic heterocycles. The number of carbonyl (C=O) groups excluding carboxylic acids is 1. The lowest BCUT2D eigenvalue weighted by Crippen LogP contribution is -2.38. The Morgan fingerprint density at radius 2 is 1.87 bits per heavy atom. The number of hydrogen-bond donors (Lipinski definition) is 2. The van der Waals surface area contributed by atoms with Crippen LogP contribution in [-0.4, -0.2) is 46.9 Å². The highest BCUT2D eigenvalue weighted by Crippen LogP contribution is 2.27. The van der Waals surface area contributed by atoms with Gasteiger partial charge in [-0.25, -0.2) is 13.1 Å². The standard InChI is InChI=1S/C15H24N2O5S/c1-5-11(2)17-23(19,20)9-8-16-15(18)12-6-7-13(21-3)14(10-12)22-4/h6-7,10-11,17H,5,8-9H2,1-4H3,(H,16,18)/t11-/m0/s1. The fourth-order valence-corrected chi connectivity index (χ4v) is 3.10. The van der Waals surface area contributed by atoms with Gasteiger partial charge in [-0.1, -0.05) is 6.92 Å². The largest absolute Gasteiger partial charge is 0.493 e. The molecule has 0 saturated carbocycles. The lowest BCUT2D eigenvalue weighted by Gasteiger charge is -2.13. The molecule has 130 valence electrons. The molecule has 7 nitrogen and oxygen atoms in total. The molecule has 0 heterocycles. The number of amides is 1. The summed E-state index contributed by atoms with van der Waals surface area (Å²) in [6, 6.07) is 4.62. The van der Waals surface area contributed by atoms with Crippen molar-refractivity contribution in [2.45, 2.75) is 26.3 Å². The second kappa shape index (κ2) is 8.73. The van der Waals surface area contributed by atoms with Crippen LogP contribution in [0.2, 0.25) is 0 Å². The van der Waals surface area contributed by atoms with E-state index in [1.54, 1.807) is 25.1 Å². The molecule has 1 amide bonds. The van der Waals surface area contributed by atoms with Crippen LogP contribution < -0.4 is 19.5 Å². The molecular weight excluding hydrogens is 320 g/mol. The first-order chi connectivity index (χ1) is 10.8. The van der Waals surface area contributed by atoms with Gasteiger partial charge in [-0.15, -0.1) is 0 Å². The van der Waals surface area contributed by atoms with E-state index in [2.05, 4.69) is 10.0 Å². The Morgan fingerprint density at radius 1 is 1.22 bits per heavy atom. The normalized spacial score (nSPS) is 12.5. The minimum absolute atomic E-state index is 0.0267. The van der Waals surface area contributed by atoms with E-state index in [1.165, 1.54) is 14.2 Å². The lowest BCUT2D eigenvalue weighted by atomic mass is 10.2. The summed E-state index contributed by atoms with van der Waals surface area (Å²) in [6.45, 7) is 3.71. The first-order valence-corrected chi connectivity index (χ1v) is 8.98. The predicted octanol–water partition coefficient (Wildman–Crippen LogP) is 1.15. The zero-order chi connectivity index (χ0) is 17.5. The molecule has 0 bridgehead atoms. The Labute approximate surface area is 137 Å². The van der Waals surface area contributed by atoms with Crippen LogP contribution in [0.3, 0.4) is 0 Å². The van der Waals surface area contributed by atoms with Crippen molar-refractivity contribution in [3.8, 4) is 11.5 Å². The summed E-state index contributed by atoms with van der Waals surface area (Å²) in [6.07, 6.45) is 0.706. The average Bonchev–Trinajstić information content (AvgIpc) is 2.53. The maximum absolute atomic E-state index is 12.1. The molecular formula is C15H24N2O5S. The van der Waals surface area contributed by atoms with Gasteiger partial charge in [-0.3, -0.25) is 4.79 Å². The van der Waals surface area contributed by atoms with Crippen LogP contribution in [0.1, 0.15) is 30.6 Å². The Morgan fingerprint density at radius 3 is 2.43 bits per heavy atom. The van der Waals surface area contributed by atoms with Crippen LogP contribution in [-0.2, 0) is 10.0 Å². The van der Waals surface area contributed by atoms with Crippen molar-refractivity contribution in [2.75, 3.05) is 26.5 Å². The van der Waals surface area contributed by atoms with E-state index in [-0.39, 0.29) is 24.2 Å². The van der Waals surface area contributed by atoms with Gasteiger partial charge in [0.25, 0.3) is 5.91 Å². The van der Waals surface area contributed by atoms with E-state index in [0.717, 1.165) is 0 Å². The molecule has 0 saturated heterocycles. The molecule has 0 aromatic heterocycles. The summed E-state index contributed by atoms with van der Waals surface area (Å²) in [5, 5.41) is 2.58. The highest BCUT2D eigenvalue weighted by Gasteiger charge is 2.15. The first kappa shape index (κ1) is 19.2. The van der Waals surface area contributed by atoms with E-state index in [9.17, 15) is 13.2 Å². The van der Waals surface area contributed by atoms with E-state index in [1.807, 2.05) is 6.92 Å². The van der Waals surface area contributed by atoms with Crippen molar-refractivity contribution in [3.05, 3.63) is 23.8 Å². The number of carbonyl (C=O) groups is 1. The van der Waals surface area contributed by atoms with Crippen LogP contribution in [0.25, 0.3) is 0 Å². The smallest absolute Gasteiger partial charge is 0.251 e. The molecule has 1 atom stereocenters. The Bertz CT molecular complexity index is 631. The van der Waals surface area contributed by atoms with Crippen molar-refractivity contribution in [1.29, 1.82) is 0 Å². The van der Waals surface area contributed by atoms with Gasteiger partial charge in [0.1, 0.15) is 0 Å². The number of hydrogen-bond acceptors (Lipinski definition) is 5. The van der Waals surface area contributed by atoms with Gasteiger partial charge in [0.15, 0.2) is 11.5 Å². The summed E-state index contributed by atoms with van der Waals surface area (Å²) in [5.74, 6) is 0.413. The zero-order valence-corrected chi connectivity index (χ0v) is 14.7. The summed E-state index contributed by atoms with van der Waals surface area (Å²) in [5.41, 5.74) is 0.370. The third kappa shape index (κ3) is 6.07. The maximum Gasteiger partial charge on any atom is 0.251 e. The fourth-order valence-electron chi connectivity index (χ4n) is 1.83. The molecule has 0 unspecified atom stereocenters. The molecule has 8 heteroatoms. The van der Waals surface area contributed by atoms with Gasteiger partial charge >= 0.3 is 0 Å². The Hall–Kier alpha value is -1.80.